The lowest BCUT2D eigenvalue weighted by atomic mass is 9.98. The summed E-state index contributed by atoms with van der Waals surface area (Å²) in [5.74, 6) is 2.39. The van der Waals surface area contributed by atoms with Gasteiger partial charge in [0.25, 0.3) is 0 Å². The molecule has 3 rings (SSSR count). The SMILES string of the molecule is CCC(C)c1ccccc1OCCNc1ccc(OCC2CCCO2)cc1. The largest absolute Gasteiger partial charge is 0.491 e. The van der Waals surface area contributed by atoms with Crippen LogP contribution >= 0.6 is 0 Å². The number of benzene rings is 2. The van der Waals surface area contributed by atoms with E-state index in [0.717, 1.165) is 49.6 Å². The lowest BCUT2D eigenvalue weighted by Crippen LogP contribution is -2.16. The molecule has 2 aromatic carbocycles. The zero-order valence-corrected chi connectivity index (χ0v) is 16.4. The highest BCUT2D eigenvalue weighted by atomic mass is 16.5. The van der Waals surface area contributed by atoms with Crippen LogP contribution in [0.3, 0.4) is 0 Å². The zero-order valence-electron chi connectivity index (χ0n) is 16.4. The van der Waals surface area contributed by atoms with Crippen molar-refractivity contribution in [3.63, 3.8) is 0 Å². The van der Waals surface area contributed by atoms with Gasteiger partial charge in [0.15, 0.2) is 0 Å². The van der Waals surface area contributed by atoms with E-state index < -0.39 is 0 Å². The Morgan fingerprint density at radius 1 is 1.11 bits per heavy atom. The molecule has 1 heterocycles. The summed E-state index contributed by atoms with van der Waals surface area (Å²) >= 11 is 0. The van der Waals surface area contributed by atoms with Crippen molar-refractivity contribution in [2.75, 3.05) is 31.7 Å². The van der Waals surface area contributed by atoms with Crippen molar-refractivity contribution < 1.29 is 14.2 Å². The van der Waals surface area contributed by atoms with Crippen molar-refractivity contribution in [2.24, 2.45) is 0 Å². The standard InChI is InChI=1S/C23H31NO3/c1-3-18(2)22-8-4-5-9-23(22)26-16-14-24-19-10-12-20(13-11-19)27-17-21-7-6-15-25-21/h4-5,8-13,18,21,24H,3,6-7,14-17H2,1-2H3. The van der Waals surface area contributed by atoms with Gasteiger partial charge in [-0.05, 0) is 61.1 Å². The summed E-state index contributed by atoms with van der Waals surface area (Å²) < 4.78 is 17.4. The number of ether oxygens (including phenoxy) is 3. The lowest BCUT2D eigenvalue weighted by molar-refractivity contribution is 0.0679. The summed E-state index contributed by atoms with van der Waals surface area (Å²) in [5, 5.41) is 3.40. The second-order valence-corrected chi connectivity index (χ2v) is 7.09. The predicted octanol–water partition coefficient (Wildman–Crippen LogP) is 5.25. The van der Waals surface area contributed by atoms with Crippen molar-refractivity contribution in [3.05, 3.63) is 54.1 Å². The van der Waals surface area contributed by atoms with Gasteiger partial charge in [-0.1, -0.05) is 32.0 Å². The number of rotatable bonds is 10. The molecule has 1 fully saturated rings. The smallest absolute Gasteiger partial charge is 0.122 e. The maximum Gasteiger partial charge on any atom is 0.122 e. The van der Waals surface area contributed by atoms with E-state index >= 15 is 0 Å². The fourth-order valence-corrected chi connectivity index (χ4v) is 3.23. The number of hydrogen-bond acceptors (Lipinski definition) is 4. The van der Waals surface area contributed by atoms with Crippen LogP contribution in [0.4, 0.5) is 5.69 Å². The van der Waals surface area contributed by atoms with Crippen molar-refractivity contribution in [3.8, 4) is 11.5 Å². The molecule has 0 radical (unpaired) electrons. The molecule has 0 amide bonds. The van der Waals surface area contributed by atoms with Crippen molar-refractivity contribution in [1.29, 1.82) is 0 Å². The minimum Gasteiger partial charge on any atom is -0.491 e. The van der Waals surface area contributed by atoms with Crippen LogP contribution in [0.2, 0.25) is 0 Å². The van der Waals surface area contributed by atoms with Gasteiger partial charge in [0.1, 0.15) is 24.7 Å². The van der Waals surface area contributed by atoms with E-state index in [2.05, 4.69) is 37.4 Å². The number of nitrogens with one attached hydrogen (secondary N) is 1. The molecule has 1 N–H and O–H groups in total. The molecule has 27 heavy (non-hydrogen) atoms. The van der Waals surface area contributed by atoms with E-state index in [9.17, 15) is 0 Å². The van der Waals surface area contributed by atoms with Crippen LogP contribution in [-0.2, 0) is 4.74 Å². The molecule has 2 aromatic rings. The van der Waals surface area contributed by atoms with Gasteiger partial charge in [0, 0.05) is 18.8 Å². The highest BCUT2D eigenvalue weighted by molar-refractivity contribution is 5.46. The first-order valence-corrected chi connectivity index (χ1v) is 10.1. The second kappa shape index (κ2) is 10.2. The molecule has 0 bridgehead atoms. The van der Waals surface area contributed by atoms with Crippen LogP contribution in [0.5, 0.6) is 11.5 Å². The molecule has 0 spiro atoms. The average molecular weight is 370 g/mol. The third-order valence-corrected chi connectivity index (χ3v) is 5.07. The Morgan fingerprint density at radius 2 is 1.93 bits per heavy atom. The second-order valence-electron chi connectivity index (χ2n) is 7.09. The van der Waals surface area contributed by atoms with Crippen LogP contribution in [0, 0.1) is 0 Å². The Labute approximate surface area is 162 Å². The zero-order chi connectivity index (χ0) is 18.9. The van der Waals surface area contributed by atoms with E-state index in [-0.39, 0.29) is 6.10 Å². The van der Waals surface area contributed by atoms with Gasteiger partial charge >= 0.3 is 0 Å². The van der Waals surface area contributed by atoms with E-state index in [0.29, 0.717) is 19.1 Å². The first-order valence-electron chi connectivity index (χ1n) is 10.1. The minimum absolute atomic E-state index is 0.248. The first kappa shape index (κ1) is 19.6. The average Bonchev–Trinajstić information content (AvgIpc) is 3.24. The summed E-state index contributed by atoms with van der Waals surface area (Å²) in [7, 11) is 0. The van der Waals surface area contributed by atoms with Crippen molar-refractivity contribution in [2.45, 2.75) is 45.1 Å². The van der Waals surface area contributed by atoms with Gasteiger partial charge in [-0.2, -0.15) is 0 Å². The highest BCUT2D eigenvalue weighted by Gasteiger charge is 2.15. The molecular weight excluding hydrogens is 338 g/mol. The van der Waals surface area contributed by atoms with Gasteiger partial charge in [0.2, 0.25) is 0 Å². The molecular formula is C23H31NO3. The van der Waals surface area contributed by atoms with E-state index in [1.807, 2.05) is 30.3 Å². The Kier molecular flexibility index (Phi) is 7.40. The van der Waals surface area contributed by atoms with Crippen LogP contribution in [0.15, 0.2) is 48.5 Å². The molecule has 0 aromatic heterocycles. The van der Waals surface area contributed by atoms with Gasteiger partial charge in [-0.25, -0.2) is 0 Å². The van der Waals surface area contributed by atoms with Crippen LogP contribution in [0.25, 0.3) is 0 Å². The summed E-state index contributed by atoms with van der Waals surface area (Å²) in [6.07, 6.45) is 3.60. The van der Waals surface area contributed by atoms with E-state index in [4.69, 9.17) is 14.2 Å². The molecule has 146 valence electrons. The fourth-order valence-electron chi connectivity index (χ4n) is 3.23. The molecule has 0 aliphatic carbocycles. The fraction of sp³-hybridized carbons (Fsp3) is 0.478. The van der Waals surface area contributed by atoms with Gasteiger partial charge < -0.3 is 19.5 Å². The molecule has 1 saturated heterocycles. The van der Waals surface area contributed by atoms with E-state index in [1.165, 1.54) is 5.56 Å². The molecule has 4 nitrogen and oxygen atoms in total. The number of anilines is 1. The van der Waals surface area contributed by atoms with Crippen molar-refractivity contribution >= 4 is 5.69 Å². The first-order chi connectivity index (χ1) is 13.3. The van der Waals surface area contributed by atoms with Crippen molar-refractivity contribution in [1.82, 2.24) is 0 Å². The predicted molar refractivity (Wildman–Crippen MR) is 110 cm³/mol. The van der Waals surface area contributed by atoms with E-state index in [1.54, 1.807) is 0 Å². The summed E-state index contributed by atoms with van der Waals surface area (Å²) in [6, 6.07) is 16.4. The summed E-state index contributed by atoms with van der Waals surface area (Å²) in [4.78, 5) is 0. The molecule has 0 saturated carbocycles. The molecule has 2 unspecified atom stereocenters. The number of hydrogen-bond donors (Lipinski definition) is 1. The quantitative estimate of drug-likeness (QED) is 0.581. The molecule has 1 aliphatic rings. The molecule has 2 atom stereocenters. The number of para-hydroxylation sites is 1. The molecule has 1 aliphatic heterocycles. The highest BCUT2D eigenvalue weighted by Crippen LogP contribution is 2.28. The van der Waals surface area contributed by atoms with Crippen LogP contribution in [0.1, 0.15) is 44.6 Å². The maximum absolute atomic E-state index is 6.00. The Hall–Kier alpha value is -2.20. The van der Waals surface area contributed by atoms with Crippen LogP contribution < -0.4 is 14.8 Å². The topological polar surface area (TPSA) is 39.7 Å². The summed E-state index contributed by atoms with van der Waals surface area (Å²) in [6.45, 7) is 7.33. The maximum atomic E-state index is 6.00. The Balaban J connectivity index is 1.40. The summed E-state index contributed by atoms with van der Waals surface area (Å²) in [5.41, 5.74) is 2.35. The van der Waals surface area contributed by atoms with Gasteiger partial charge in [-0.15, -0.1) is 0 Å². The van der Waals surface area contributed by atoms with Crippen LogP contribution in [-0.4, -0.2) is 32.5 Å². The minimum atomic E-state index is 0.248. The third-order valence-electron chi connectivity index (χ3n) is 5.07. The monoisotopic (exact) mass is 369 g/mol. The Morgan fingerprint density at radius 3 is 2.67 bits per heavy atom. The molecule has 4 heteroatoms. The van der Waals surface area contributed by atoms with Gasteiger partial charge in [-0.3, -0.25) is 0 Å². The Bertz CT molecular complexity index is 680. The third kappa shape index (κ3) is 5.90. The normalized spacial score (nSPS) is 17.5. The lowest BCUT2D eigenvalue weighted by Gasteiger charge is -2.16. The van der Waals surface area contributed by atoms with Gasteiger partial charge in [0.05, 0.1) is 6.10 Å².